The first kappa shape index (κ1) is 16.4. The van der Waals surface area contributed by atoms with Crippen LogP contribution in [-0.2, 0) is 13.0 Å². The number of ether oxygens (including phenoxy) is 1. The van der Waals surface area contributed by atoms with Crippen molar-refractivity contribution in [3.63, 3.8) is 0 Å². The minimum absolute atomic E-state index is 0.00402. The average molecular weight is 328 g/mol. The van der Waals surface area contributed by atoms with Gasteiger partial charge in [0, 0.05) is 32.4 Å². The minimum Gasteiger partial charge on any atom is -0.487 e. The molecule has 2 aromatic heterocycles. The fourth-order valence-electron chi connectivity index (χ4n) is 2.62. The van der Waals surface area contributed by atoms with E-state index in [1.807, 2.05) is 38.1 Å². The van der Waals surface area contributed by atoms with E-state index in [-0.39, 0.29) is 6.10 Å². The number of hydrogen-bond acceptors (Lipinski definition) is 7. The predicted octanol–water partition coefficient (Wildman–Crippen LogP) is 1.46. The van der Waals surface area contributed by atoms with Crippen LogP contribution in [0.2, 0.25) is 0 Å². The van der Waals surface area contributed by atoms with E-state index in [0.29, 0.717) is 6.54 Å². The summed E-state index contributed by atoms with van der Waals surface area (Å²) in [6.07, 6.45) is 4.39. The maximum Gasteiger partial charge on any atom is 0.227 e. The summed E-state index contributed by atoms with van der Waals surface area (Å²) in [7, 11) is 3.91. The van der Waals surface area contributed by atoms with Gasteiger partial charge in [0.1, 0.15) is 17.7 Å². The Hall–Kier alpha value is -2.41. The van der Waals surface area contributed by atoms with Crippen LogP contribution >= 0.6 is 0 Å². The van der Waals surface area contributed by atoms with Crippen molar-refractivity contribution in [1.29, 1.82) is 0 Å². The Balaban J connectivity index is 1.70. The minimum atomic E-state index is 0.00402. The maximum absolute atomic E-state index is 5.87. The molecule has 0 saturated heterocycles. The number of fused-ring (bicyclic) bond motifs is 1. The normalized spacial score (nSPS) is 14.6. The summed E-state index contributed by atoms with van der Waals surface area (Å²) >= 11 is 0. The van der Waals surface area contributed by atoms with Crippen molar-refractivity contribution in [2.75, 3.05) is 37.4 Å². The van der Waals surface area contributed by atoms with Gasteiger partial charge < -0.3 is 20.3 Å². The molecular weight excluding hydrogens is 304 g/mol. The van der Waals surface area contributed by atoms with Crippen molar-refractivity contribution < 1.29 is 4.74 Å². The van der Waals surface area contributed by atoms with E-state index in [4.69, 9.17) is 4.74 Å². The molecule has 24 heavy (non-hydrogen) atoms. The van der Waals surface area contributed by atoms with Crippen molar-refractivity contribution in [3.05, 3.63) is 35.8 Å². The first-order chi connectivity index (χ1) is 11.6. The fraction of sp³-hybridized carbons (Fsp3) is 0.471. The zero-order valence-corrected chi connectivity index (χ0v) is 14.4. The topological polar surface area (TPSA) is 75.2 Å². The van der Waals surface area contributed by atoms with Gasteiger partial charge in [-0.05, 0) is 32.0 Å². The van der Waals surface area contributed by atoms with Crippen LogP contribution in [0.5, 0.6) is 5.75 Å². The summed E-state index contributed by atoms with van der Waals surface area (Å²) in [4.78, 5) is 15.3. The van der Waals surface area contributed by atoms with E-state index < -0.39 is 0 Å². The molecule has 1 atom stereocenters. The Labute approximate surface area is 142 Å². The zero-order valence-electron chi connectivity index (χ0n) is 14.4. The van der Waals surface area contributed by atoms with E-state index >= 15 is 0 Å². The third kappa shape index (κ3) is 3.91. The van der Waals surface area contributed by atoms with Crippen LogP contribution in [0.1, 0.15) is 18.2 Å². The van der Waals surface area contributed by atoms with Crippen molar-refractivity contribution in [3.8, 4) is 5.75 Å². The van der Waals surface area contributed by atoms with Gasteiger partial charge in [0.2, 0.25) is 5.95 Å². The molecule has 7 nitrogen and oxygen atoms in total. The van der Waals surface area contributed by atoms with Gasteiger partial charge in [-0.15, -0.1) is 0 Å². The molecule has 0 bridgehead atoms. The maximum atomic E-state index is 5.87. The van der Waals surface area contributed by atoms with E-state index in [1.165, 1.54) is 5.56 Å². The molecule has 0 aromatic carbocycles. The lowest BCUT2D eigenvalue weighted by Gasteiger charge is -2.23. The molecule has 0 saturated carbocycles. The van der Waals surface area contributed by atoms with Crippen LogP contribution in [0, 0.1) is 0 Å². The van der Waals surface area contributed by atoms with Gasteiger partial charge in [0.05, 0.1) is 18.4 Å². The smallest absolute Gasteiger partial charge is 0.227 e. The molecule has 3 rings (SSSR count). The van der Waals surface area contributed by atoms with Crippen molar-refractivity contribution >= 4 is 11.8 Å². The summed E-state index contributed by atoms with van der Waals surface area (Å²) in [6, 6.07) is 3.78. The summed E-state index contributed by atoms with van der Waals surface area (Å²) in [5, 5.41) is 6.80. The van der Waals surface area contributed by atoms with Crippen molar-refractivity contribution in [2.24, 2.45) is 0 Å². The Morgan fingerprint density at radius 2 is 2.25 bits per heavy atom. The van der Waals surface area contributed by atoms with Crippen LogP contribution in [0.3, 0.4) is 0 Å². The van der Waals surface area contributed by atoms with Crippen molar-refractivity contribution in [1.82, 2.24) is 20.3 Å². The highest BCUT2D eigenvalue weighted by Gasteiger charge is 2.18. The highest BCUT2D eigenvalue weighted by atomic mass is 16.5. The molecule has 2 N–H and O–H groups in total. The van der Waals surface area contributed by atoms with Gasteiger partial charge in [0.25, 0.3) is 0 Å². The average Bonchev–Trinajstić information content (AvgIpc) is 2.60. The van der Waals surface area contributed by atoms with Crippen LogP contribution in [0.25, 0.3) is 0 Å². The number of anilines is 2. The predicted molar refractivity (Wildman–Crippen MR) is 94.6 cm³/mol. The van der Waals surface area contributed by atoms with E-state index in [1.54, 1.807) is 12.4 Å². The Bertz CT molecular complexity index is 676. The van der Waals surface area contributed by atoms with Gasteiger partial charge in [-0.1, -0.05) is 0 Å². The zero-order chi connectivity index (χ0) is 16.9. The van der Waals surface area contributed by atoms with E-state index in [0.717, 1.165) is 42.7 Å². The van der Waals surface area contributed by atoms with Crippen molar-refractivity contribution in [2.45, 2.75) is 26.0 Å². The lowest BCUT2D eigenvalue weighted by Crippen LogP contribution is -2.29. The molecule has 0 amide bonds. The second-order valence-corrected chi connectivity index (χ2v) is 6.12. The van der Waals surface area contributed by atoms with E-state index in [2.05, 4.69) is 25.6 Å². The molecule has 7 heteroatoms. The van der Waals surface area contributed by atoms with Crippen LogP contribution in [0.4, 0.5) is 11.8 Å². The molecule has 0 radical (unpaired) electrons. The molecule has 3 heterocycles. The van der Waals surface area contributed by atoms with Crippen LogP contribution < -0.4 is 20.3 Å². The quantitative estimate of drug-likeness (QED) is 0.831. The number of aromatic nitrogens is 3. The molecular formula is C17H24N6O. The molecule has 128 valence electrons. The summed E-state index contributed by atoms with van der Waals surface area (Å²) in [5.41, 5.74) is 2.27. The number of nitrogens with one attached hydrogen (secondary N) is 2. The first-order valence-electron chi connectivity index (χ1n) is 8.22. The van der Waals surface area contributed by atoms with Crippen LogP contribution in [-0.4, -0.2) is 48.2 Å². The molecule has 0 aliphatic carbocycles. The van der Waals surface area contributed by atoms with E-state index in [9.17, 15) is 0 Å². The molecule has 1 aliphatic rings. The fourth-order valence-corrected chi connectivity index (χ4v) is 2.62. The molecule has 0 spiro atoms. The largest absolute Gasteiger partial charge is 0.487 e. The van der Waals surface area contributed by atoms with Crippen LogP contribution in [0.15, 0.2) is 24.5 Å². The molecule has 0 fully saturated rings. The number of rotatable bonds is 6. The SMILES string of the molecule is C[C@@H](CNc1nc(N(C)C)nc2c1CCNC2)Oc1cccnc1. The lowest BCUT2D eigenvalue weighted by atomic mass is 10.1. The third-order valence-corrected chi connectivity index (χ3v) is 3.85. The number of hydrogen-bond donors (Lipinski definition) is 2. The first-order valence-corrected chi connectivity index (χ1v) is 8.22. The van der Waals surface area contributed by atoms with Gasteiger partial charge in [-0.3, -0.25) is 4.98 Å². The molecule has 1 aliphatic heterocycles. The van der Waals surface area contributed by atoms with Gasteiger partial charge in [-0.2, -0.15) is 4.98 Å². The highest BCUT2D eigenvalue weighted by Crippen LogP contribution is 2.23. The summed E-state index contributed by atoms with van der Waals surface area (Å²) in [6.45, 7) is 4.43. The van der Waals surface area contributed by atoms with Gasteiger partial charge in [-0.25, -0.2) is 4.98 Å². The highest BCUT2D eigenvalue weighted by molar-refractivity contribution is 5.52. The van der Waals surface area contributed by atoms with Gasteiger partial charge in [0.15, 0.2) is 0 Å². The van der Waals surface area contributed by atoms with Gasteiger partial charge >= 0.3 is 0 Å². The summed E-state index contributed by atoms with van der Waals surface area (Å²) < 4.78 is 5.87. The second kappa shape index (κ2) is 7.44. The Morgan fingerprint density at radius 3 is 3.00 bits per heavy atom. The second-order valence-electron chi connectivity index (χ2n) is 6.12. The lowest BCUT2D eigenvalue weighted by molar-refractivity contribution is 0.233. The monoisotopic (exact) mass is 328 g/mol. The Kier molecular flexibility index (Phi) is 5.10. The Morgan fingerprint density at radius 1 is 1.38 bits per heavy atom. The molecule has 0 unspecified atom stereocenters. The number of pyridine rings is 1. The number of nitrogens with zero attached hydrogens (tertiary/aromatic N) is 4. The standard InChI is InChI=1S/C17H24N6O/c1-12(24-13-5-4-7-18-10-13)9-20-16-14-6-8-19-11-15(14)21-17(22-16)23(2)3/h4-5,7,10,12,19H,6,8-9,11H2,1-3H3,(H,20,21,22)/t12-/m0/s1. The third-order valence-electron chi connectivity index (χ3n) is 3.85. The summed E-state index contributed by atoms with van der Waals surface area (Å²) in [5.74, 6) is 2.40. The molecule has 2 aromatic rings.